The first-order valence-electron chi connectivity index (χ1n) is 33.8. The number of nitrogens with one attached hydrogen (secondary N) is 1. The largest absolute Gasteiger partial charge is 0.657 e. The summed E-state index contributed by atoms with van der Waals surface area (Å²) in [4.78, 5) is 35.0. The smallest absolute Gasteiger partial charge is 0.315 e. The molecule has 0 atom stereocenters. The summed E-state index contributed by atoms with van der Waals surface area (Å²) >= 11 is 0. The topological polar surface area (TPSA) is 89.3 Å². The van der Waals surface area contributed by atoms with Crippen LogP contribution in [0.25, 0.3) is 90.9 Å². The molecule has 0 fully saturated rings. The zero-order valence-corrected chi connectivity index (χ0v) is 59.2. The minimum absolute atomic E-state index is 0.120. The van der Waals surface area contributed by atoms with Gasteiger partial charge in [0.1, 0.15) is 5.69 Å². The Balaban J connectivity index is 1.27. The van der Waals surface area contributed by atoms with Gasteiger partial charge in [-0.15, -0.1) is 11.0 Å². The van der Waals surface area contributed by atoms with E-state index in [1.165, 1.54) is 84.9 Å². The van der Waals surface area contributed by atoms with Crippen molar-refractivity contribution in [1.29, 1.82) is 0 Å². The molecule has 5 heterocycles. The summed E-state index contributed by atoms with van der Waals surface area (Å²) in [7, 11) is 6.83. The van der Waals surface area contributed by atoms with Gasteiger partial charge in [-0.2, -0.15) is 0 Å². The summed E-state index contributed by atoms with van der Waals surface area (Å²) in [6.07, 6.45) is 20.4. The maximum absolute atomic E-state index is 13.6. The third kappa shape index (κ3) is 16.4. The van der Waals surface area contributed by atoms with Crippen LogP contribution >= 0.6 is 0 Å². The van der Waals surface area contributed by atoms with E-state index in [-0.39, 0.29) is 38.4 Å². The number of carbonyl (C=O) groups excluding carboxylic acids is 1. The van der Waals surface area contributed by atoms with Crippen LogP contribution in [0.2, 0.25) is 0 Å². The summed E-state index contributed by atoms with van der Waals surface area (Å²) in [6.45, 7) is 42.8. The zero-order chi connectivity index (χ0) is 65.5. The molecule has 7 heteroatoms. The molecular weight excluding hydrogens is 1100 g/mol. The van der Waals surface area contributed by atoms with Gasteiger partial charge in [0.05, 0.1) is 56.9 Å². The summed E-state index contributed by atoms with van der Waals surface area (Å²) < 4.78 is 1.05. The van der Waals surface area contributed by atoms with Gasteiger partial charge in [-0.3, -0.25) is 5.32 Å². The minimum atomic E-state index is -0.126. The molecule has 2 aliphatic rings. The number of aromatic amines is 1. The first kappa shape index (κ1) is 67.5. The highest BCUT2D eigenvalue weighted by Gasteiger charge is 2.27. The number of H-pyrrole nitrogens is 1. The third-order valence-corrected chi connectivity index (χ3v) is 18.3. The van der Waals surface area contributed by atoms with Crippen LogP contribution in [-0.2, 0) is 37.3 Å². The predicted molar refractivity (Wildman–Crippen MR) is 387 cm³/mol. The molecule has 4 aromatic carbocycles. The van der Waals surface area contributed by atoms with Crippen molar-refractivity contribution in [2.45, 2.75) is 221 Å². The number of fused-ring (bicyclic) bond motifs is 8. The molecule has 0 aliphatic carbocycles. The van der Waals surface area contributed by atoms with Gasteiger partial charge in [0.15, 0.2) is 0 Å². The van der Waals surface area contributed by atoms with Gasteiger partial charge in [-0.25, -0.2) is 14.8 Å². The fraction of sp³-hybridized carbons (Fsp3) is 0.458. The Hall–Kier alpha value is -6.93. The standard InChI is InChI=1S/C83H108N6O/c1-78(2,3)58-45-55(46-59(51-58)79(4,5)6)75-67-38-36-65(85-67)74(54-32-34-64(35-33-54)84-73(90)31-29-27-25-23-22-24-26-28-30-44-89(19,20)21)66-37-39-68(86-66)76(56-47-60(80(7,8)9)52-61(48-56)81(10,11)12)70-41-43-72(88-70)77(71-42-40-69(75)87-71)57-49-62(82(13,14)15)53-63(50-57)83(16,17)18/h32-43,45-53H,22-31,44H2,1-21H3,(H2-,84,85,86,87,88,90)/p+1. The van der Waals surface area contributed by atoms with E-state index in [1.807, 2.05) is 5.32 Å². The number of nitrogens with two attached hydrogens (primary N) is 1. The van der Waals surface area contributed by atoms with Gasteiger partial charge in [0, 0.05) is 34.3 Å². The van der Waals surface area contributed by atoms with Crippen molar-refractivity contribution >= 4 is 58.0 Å². The average Bonchev–Trinajstić information content (AvgIpc) is 1.52. The normalized spacial score (nSPS) is 13.4. The number of quaternary nitrogens is 2. The molecule has 9 rings (SSSR count). The molecule has 7 nitrogen and oxygen atoms in total. The molecular formula is C83H109N6O+. The van der Waals surface area contributed by atoms with Crippen molar-refractivity contribution < 1.29 is 14.6 Å². The van der Waals surface area contributed by atoms with Crippen molar-refractivity contribution in [2.24, 2.45) is 0 Å². The van der Waals surface area contributed by atoms with Crippen molar-refractivity contribution in [3.05, 3.63) is 159 Å². The number of aromatic nitrogens is 4. The monoisotopic (exact) mass is 1210 g/mol. The fourth-order valence-electron chi connectivity index (χ4n) is 12.4. The van der Waals surface area contributed by atoms with Crippen molar-refractivity contribution in [2.75, 3.05) is 27.7 Å². The molecule has 0 saturated heterocycles. The van der Waals surface area contributed by atoms with E-state index in [1.54, 1.807) is 0 Å². The molecule has 0 spiro atoms. The molecule has 0 radical (unpaired) electrons. The van der Waals surface area contributed by atoms with Crippen molar-refractivity contribution in [3.8, 4) is 44.5 Å². The van der Waals surface area contributed by atoms with Crippen molar-refractivity contribution in [3.63, 3.8) is 0 Å². The van der Waals surface area contributed by atoms with E-state index in [4.69, 9.17) is 15.0 Å². The number of benzene rings is 4. The van der Waals surface area contributed by atoms with Crippen LogP contribution in [0, 0.1) is 0 Å². The van der Waals surface area contributed by atoms with Gasteiger partial charge in [0.2, 0.25) is 0 Å². The molecule has 90 heavy (non-hydrogen) atoms. The van der Waals surface area contributed by atoms with E-state index in [9.17, 15) is 4.79 Å². The van der Waals surface area contributed by atoms with Crippen molar-refractivity contribution in [1.82, 2.24) is 19.9 Å². The summed E-state index contributed by atoms with van der Waals surface area (Å²) in [6, 6.07) is 38.9. The maximum Gasteiger partial charge on any atom is 0.315 e. The number of hydrogen-bond acceptors (Lipinski definition) is 3. The predicted octanol–water partition coefficient (Wildman–Crippen LogP) is 21.1. The molecule has 0 saturated carbocycles. The number of primary amides is 1. The van der Waals surface area contributed by atoms with Crippen LogP contribution in [0.4, 0.5) is 5.69 Å². The summed E-state index contributed by atoms with van der Waals surface area (Å²) in [5, 5.41) is 1.84. The average molecular weight is 1210 g/mol. The van der Waals surface area contributed by atoms with E-state index in [2.05, 4.69) is 278 Å². The fourth-order valence-corrected chi connectivity index (χ4v) is 12.4. The van der Waals surface area contributed by atoms with Gasteiger partial charge in [-0.1, -0.05) is 230 Å². The van der Waals surface area contributed by atoms with E-state index in [0.717, 1.165) is 112 Å². The quantitative estimate of drug-likeness (QED) is 0.0540. The van der Waals surface area contributed by atoms with E-state index in [0.29, 0.717) is 6.42 Å². The Kier molecular flexibility index (Phi) is 19.5. The number of rotatable bonds is 17. The molecule has 8 bridgehead atoms. The first-order chi connectivity index (χ1) is 41.9. The Bertz CT molecular complexity index is 3820. The third-order valence-electron chi connectivity index (χ3n) is 18.3. The van der Waals surface area contributed by atoms with Gasteiger partial charge < -0.3 is 14.5 Å². The molecule has 476 valence electrons. The number of nitrogens with zero attached hydrogens (tertiary/aromatic N) is 4. The van der Waals surface area contributed by atoms with Crippen LogP contribution in [-0.4, -0.2) is 53.0 Å². The Morgan fingerprint density at radius 2 is 0.700 bits per heavy atom. The highest BCUT2D eigenvalue weighted by atomic mass is 16.1. The second kappa shape index (κ2) is 26.0. The SMILES string of the molecule is CC(C)(C)c1cc(-c2c3nc(c(-c4ccc([NH2+]C(=O)CCCCCCCCCCC[N+](C)(C)C)cc4)c4ccc([nH]4)c(-c4cc(C(C)(C)C)cc(C(C)(C)C)c4)c4nc(c(-c5cc(C(C)(C)C)cc(C(C)(C)C)c5)c5ccc2[n-]5)C=C4)C=C3)cc(C(C)(C)C)c1. The van der Waals surface area contributed by atoms with E-state index < -0.39 is 0 Å². The van der Waals surface area contributed by atoms with Crippen LogP contribution in [0.3, 0.4) is 0 Å². The highest BCUT2D eigenvalue weighted by Crippen LogP contribution is 2.44. The van der Waals surface area contributed by atoms with Crippen LogP contribution < -0.4 is 10.3 Å². The molecule has 2 aliphatic heterocycles. The van der Waals surface area contributed by atoms with Crippen LogP contribution in [0.1, 0.15) is 245 Å². The summed E-state index contributed by atoms with van der Waals surface area (Å²) in [5.74, 6) is 0.182. The molecule has 7 aromatic rings. The maximum atomic E-state index is 13.6. The molecule has 1 amide bonds. The lowest BCUT2D eigenvalue weighted by Gasteiger charge is -2.27. The first-order valence-corrected chi connectivity index (χ1v) is 33.8. The zero-order valence-electron chi connectivity index (χ0n) is 59.2. The highest BCUT2D eigenvalue weighted by molar-refractivity contribution is 6.00. The molecule has 0 unspecified atom stereocenters. The molecule has 3 N–H and O–H groups in total. The van der Waals surface area contributed by atoms with Crippen LogP contribution in [0.15, 0.2) is 103 Å². The lowest BCUT2D eigenvalue weighted by atomic mass is 9.78. The second-order valence-electron chi connectivity index (χ2n) is 33.5. The number of hydrogen-bond donors (Lipinski definition) is 2. The van der Waals surface area contributed by atoms with E-state index >= 15 is 0 Å². The Labute approximate surface area is 542 Å². The number of carbonyl (C=O) groups is 1. The Morgan fingerprint density at radius 3 is 1.04 bits per heavy atom. The van der Waals surface area contributed by atoms with Gasteiger partial charge in [0.25, 0.3) is 0 Å². The Morgan fingerprint density at radius 1 is 0.389 bits per heavy atom. The van der Waals surface area contributed by atoms with Gasteiger partial charge >= 0.3 is 5.91 Å². The van der Waals surface area contributed by atoms with Crippen LogP contribution in [0.5, 0.6) is 0 Å². The molecule has 3 aromatic heterocycles. The van der Waals surface area contributed by atoms with Gasteiger partial charge in [-0.05, 0) is 167 Å². The summed E-state index contributed by atoms with van der Waals surface area (Å²) in [5.41, 5.74) is 23.0. The minimum Gasteiger partial charge on any atom is -0.657 e. The lowest BCUT2D eigenvalue weighted by Crippen LogP contribution is -2.82. The lowest BCUT2D eigenvalue weighted by molar-refractivity contribution is -0.870. The number of unbranched alkanes of at least 4 members (excludes halogenated alkanes) is 8. The second-order valence-corrected chi connectivity index (χ2v) is 33.5. The number of amides is 1.